The molecule has 6 nitrogen and oxygen atoms in total. The number of ketones is 1. The van der Waals surface area contributed by atoms with Crippen LogP contribution in [0.15, 0.2) is 54.6 Å². The summed E-state index contributed by atoms with van der Waals surface area (Å²) >= 11 is 0. The van der Waals surface area contributed by atoms with E-state index < -0.39 is 18.1 Å². The van der Waals surface area contributed by atoms with E-state index in [1.807, 2.05) is 49.4 Å². The van der Waals surface area contributed by atoms with Gasteiger partial charge in [-0.1, -0.05) is 60.2 Å². The molecule has 0 spiro atoms. The number of hydrogen-bond donors (Lipinski definition) is 1. The highest BCUT2D eigenvalue weighted by Crippen LogP contribution is 2.10. The van der Waals surface area contributed by atoms with Gasteiger partial charge in [0.05, 0.1) is 7.11 Å². The van der Waals surface area contributed by atoms with E-state index in [2.05, 4.69) is 5.32 Å². The van der Waals surface area contributed by atoms with Crippen LogP contribution in [0.3, 0.4) is 0 Å². The van der Waals surface area contributed by atoms with Crippen molar-refractivity contribution in [1.82, 2.24) is 5.32 Å². The normalized spacial score (nSPS) is 11.3. The molecule has 142 valence electrons. The molecule has 0 radical (unpaired) electrons. The van der Waals surface area contributed by atoms with Crippen molar-refractivity contribution >= 4 is 17.8 Å². The molecule has 0 bridgehead atoms. The first-order chi connectivity index (χ1) is 13.0. The predicted octanol–water partition coefficient (Wildman–Crippen LogP) is 3.43. The molecule has 0 saturated carbocycles. The fraction of sp³-hybridized carbons (Fsp3) is 0.286. The van der Waals surface area contributed by atoms with Crippen molar-refractivity contribution in [2.24, 2.45) is 0 Å². The molecular formula is C21H23NO5. The van der Waals surface area contributed by atoms with Gasteiger partial charge in [-0.25, -0.2) is 9.59 Å². The Kier molecular flexibility index (Phi) is 7.55. The van der Waals surface area contributed by atoms with Gasteiger partial charge < -0.3 is 14.8 Å². The van der Waals surface area contributed by atoms with Gasteiger partial charge in [0.15, 0.2) is 5.78 Å². The van der Waals surface area contributed by atoms with Gasteiger partial charge in [0.25, 0.3) is 0 Å². The molecular weight excluding hydrogens is 346 g/mol. The van der Waals surface area contributed by atoms with Gasteiger partial charge in [-0.05, 0) is 18.9 Å². The maximum absolute atomic E-state index is 12.3. The predicted molar refractivity (Wildman–Crippen MR) is 100 cm³/mol. The lowest BCUT2D eigenvalue weighted by molar-refractivity contribution is -0.143. The third kappa shape index (κ3) is 6.58. The number of Topliss-reactive ketones (excluding diaryl/α,β-unsaturated/α-hetero) is 1. The number of carbonyl (C=O) groups is 3. The Morgan fingerprint density at radius 1 is 1.00 bits per heavy atom. The van der Waals surface area contributed by atoms with Crippen molar-refractivity contribution in [2.75, 3.05) is 7.11 Å². The van der Waals surface area contributed by atoms with Crippen LogP contribution in [0.1, 0.15) is 34.3 Å². The molecule has 6 heteroatoms. The minimum atomic E-state index is -0.951. The van der Waals surface area contributed by atoms with Gasteiger partial charge in [0.1, 0.15) is 12.6 Å². The zero-order chi connectivity index (χ0) is 19.6. The third-order valence-electron chi connectivity index (χ3n) is 4.02. The van der Waals surface area contributed by atoms with Crippen LogP contribution in [0.25, 0.3) is 0 Å². The Hall–Kier alpha value is -3.15. The smallest absolute Gasteiger partial charge is 0.408 e. The van der Waals surface area contributed by atoms with Gasteiger partial charge >= 0.3 is 12.1 Å². The second kappa shape index (κ2) is 10.1. The molecule has 27 heavy (non-hydrogen) atoms. The Morgan fingerprint density at radius 3 is 2.30 bits per heavy atom. The molecule has 0 saturated heterocycles. The topological polar surface area (TPSA) is 81.7 Å². The number of rotatable bonds is 8. The van der Waals surface area contributed by atoms with Crippen LogP contribution in [-0.4, -0.2) is 31.0 Å². The van der Waals surface area contributed by atoms with E-state index in [-0.39, 0.29) is 25.2 Å². The highest BCUT2D eigenvalue weighted by atomic mass is 16.6. The van der Waals surface area contributed by atoms with Crippen molar-refractivity contribution in [3.63, 3.8) is 0 Å². The molecule has 1 amide bonds. The first-order valence-electron chi connectivity index (χ1n) is 8.64. The van der Waals surface area contributed by atoms with Crippen LogP contribution >= 0.6 is 0 Å². The van der Waals surface area contributed by atoms with E-state index in [1.165, 1.54) is 7.11 Å². The van der Waals surface area contributed by atoms with Crippen molar-refractivity contribution in [1.29, 1.82) is 0 Å². The van der Waals surface area contributed by atoms with Crippen molar-refractivity contribution in [2.45, 2.75) is 32.4 Å². The summed E-state index contributed by atoms with van der Waals surface area (Å²) in [5.41, 5.74) is 2.45. The summed E-state index contributed by atoms with van der Waals surface area (Å²) in [6.07, 6.45) is -0.515. The van der Waals surface area contributed by atoms with E-state index in [0.29, 0.717) is 5.56 Å². The van der Waals surface area contributed by atoms with E-state index >= 15 is 0 Å². The van der Waals surface area contributed by atoms with Crippen molar-refractivity contribution in [3.8, 4) is 0 Å². The first kappa shape index (κ1) is 20.2. The standard InChI is InChI=1S/C21H23NO5/c1-15-8-10-17(11-9-15)19(23)13-12-18(20(24)26-2)22-21(25)27-14-16-6-4-3-5-7-16/h3-11,18H,12-14H2,1-2H3,(H,22,25)/t18-/m0/s1. The average molecular weight is 369 g/mol. The number of benzene rings is 2. The number of nitrogens with one attached hydrogen (secondary N) is 1. The van der Waals surface area contributed by atoms with E-state index in [1.54, 1.807) is 12.1 Å². The summed E-state index contributed by atoms with van der Waals surface area (Å²) in [4.78, 5) is 36.2. The van der Waals surface area contributed by atoms with E-state index in [4.69, 9.17) is 9.47 Å². The van der Waals surface area contributed by atoms with Gasteiger partial charge in [-0.15, -0.1) is 0 Å². The number of carbonyl (C=O) groups excluding carboxylic acids is 3. The lowest BCUT2D eigenvalue weighted by Gasteiger charge is -2.16. The number of methoxy groups -OCH3 is 1. The van der Waals surface area contributed by atoms with E-state index in [9.17, 15) is 14.4 Å². The molecule has 2 aromatic rings. The summed E-state index contributed by atoms with van der Waals surface area (Å²) in [7, 11) is 1.23. The molecule has 1 atom stereocenters. The highest BCUT2D eigenvalue weighted by Gasteiger charge is 2.23. The molecule has 0 aliphatic carbocycles. The molecule has 0 aromatic heterocycles. The summed E-state index contributed by atoms with van der Waals surface area (Å²) in [6.45, 7) is 2.02. The molecule has 0 unspecified atom stereocenters. The highest BCUT2D eigenvalue weighted by molar-refractivity contribution is 5.96. The van der Waals surface area contributed by atoms with Crippen LogP contribution in [0.2, 0.25) is 0 Å². The van der Waals surface area contributed by atoms with Crippen LogP contribution in [-0.2, 0) is 20.9 Å². The molecule has 0 aliphatic rings. The summed E-state index contributed by atoms with van der Waals surface area (Å²) < 4.78 is 9.82. The van der Waals surface area contributed by atoms with Gasteiger partial charge in [-0.2, -0.15) is 0 Å². The number of alkyl carbamates (subject to hydrolysis) is 1. The summed E-state index contributed by atoms with van der Waals surface area (Å²) in [5.74, 6) is -0.730. The second-order valence-electron chi connectivity index (χ2n) is 6.11. The Balaban J connectivity index is 1.88. The number of esters is 1. The Labute approximate surface area is 158 Å². The third-order valence-corrected chi connectivity index (χ3v) is 4.02. The Bertz CT molecular complexity index is 771. The number of aryl methyl sites for hydroxylation is 1. The quantitative estimate of drug-likeness (QED) is 0.569. The average Bonchev–Trinajstić information content (AvgIpc) is 2.70. The fourth-order valence-electron chi connectivity index (χ4n) is 2.46. The van der Waals surface area contributed by atoms with Crippen LogP contribution in [0.5, 0.6) is 0 Å². The second-order valence-corrected chi connectivity index (χ2v) is 6.11. The fourth-order valence-corrected chi connectivity index (χ4v) is 2.46. The van der Waals surface area contributed by atoms with Crippen molar-refractivity contribution < 1.29 is 23.9 Å². The minimum absolute atomic E-state index is 0.0862. The molecule has 0 fully saturated rings. The van der Waals surface area contributed by atoms with E-state index in [0.717, 1.165) is 11.1 Å². The summed E-state index contributed by atoms with van der Waals surface area (Å²) in [5, 5.41) is 2.47. The van der Waals surface area contributed by atoms with Crippen LogP contribution in [0.4, 0.5) is 4.79 Å². The minimum Gasteiger partial charge on any atom is -0.467 e. The first-order valence-corrected chi connectivity index (χ1v) is 8.64. The molecule has 1 N–H and O–H groups in total. The van der Waals surface area contributed by atoms with Crippen molar-refractivity contribution in [3.05, 3.63) is 71.3 Å². The number of ether oxygens (including phenoxy) is 2. The molecule has 0 aliphatic heterocycles. The SMILES string of the molecule is COC(=O)[C@H](CCC(=O)c1ccc(C)cc1)NC(=O)OCc1ccccc1. The van der Waals surface area contributed by atoms with Crippen LogP contribution < -0.4 is 5.32 Å². The Morgan fingerprint density at radius 2 is 1.67 bits per heavy atom. The summed E-state index contributed by atoms with van der Waals surface area (Å²) in [6, 6.07) is 15.4. The van der Waals surface area contributed by atoms with Gasteiger partial charge in [-0.3, -0.25) is 4.79 Å². The molecule has 2 aromatic carbocycles. The zero-order valence-corrected chi connectivity index (χ0v) is 15.4. The lowest BCUT2D eigenvalue weighted by atomic mass is 10.0. The monoisotopic (exact) mass is 369 g/mol. The number of amides is 1. The van der Waals surface area contributed by atoms with Gasteiger partial charge in [0, 0.05) is 12.0 Å². The number of hydrogen-bond acceptors (Lipinski definition) is 5. The zero-order valence-electron chi connectivity index (χ0n) is 15.4. The molecule has 2 rings (SSSR count). The lowest BCUT2D eigenvalue weighted by Crippen LogP contribution is -2.42. The molecule has 0 heterocycles. The maximum Gasteiger partial charge on any atom is 0.408 e. The van der Waals surface area contributed by atoms with Crippen LogP contribution in [0, 0.1) is 6.92 Å². The maximum atomic E-state index is 12.3. The van der Waals surface area contributed by atoms with Gasteiger partial charge in [0.2, 0.25) is 0 Å². The largest absolute Gasteiger partial charge is 0.467 e.